The van der Waals surface area contributed by atoms with Gasteiger partial charge in [0, 0.05) is 12.1 Å². The third kappa shape index (κ3) is 4.17. The van der Waals surface area contributed by atoms with E-state index in [1.807, 2.05) is 12.1 Å². The van der Waals surface area contributed by atoms with Gasteiger partial charge in [-0.2, -0.15) is 0 Å². The van der Waals surface area contributed by atoms with E-state index < -0.39 is 0 Å². The molecule has 0 bridgehead atoms. The first kappa shape index (κ1) is 15.2. The average molecular weight is 299 g/mol. The zero-order valence-electron chi connectivity index (χ0n) is 13.4. The molecule has 23 heavy (non-hydrogen) atoms. The van der Waals surface area contributed by atoms with Crippen LogP contribution in [0.15, 0.2) is 96.0 Å². The molecule has 1 heteroatoms. The van der Waals surface area contributed by atoms with Gasteiger partial charge in [-0.25, -0.2) is 0 Å². The largest absolute Gasteiger partial charge is 0.281 e. The van der Waals surface area contributed by atoms with Gasteiger partial charge in [-0.05, 0) is 23.6 Å². The molecule has 1 atom stereocenters. The van der Waals surface area contributed by atoms with Crippen molar-refractivity contribution in [2.45, 2.75) is 19.4 Å². The summed E-state index contributed by atoms with van der Waals surface area (Å²) in [6.07, 6.45) is 0.849. The van der Waals surface area contributed by atoms with Crippen LogP contribution in [0.3, 0.4) is 0 Å². The van der Waals surface area contributed by atoms with Gasteiger partial charge in [0.15, 0.2) is 0 Å². The van der Waals surface area contributed by atoms with Gasteiger partial charge in [0.05, 0.1) is 6.04 Å². The first-order chi connectivity index (χ1) is 11.3. The summed E-state index contributed by atoms with van der Waals surface area (Å²) >= 11 is 0. The highest BCUT2D eigenvalue weighted by atomic mass is 14.8. The molecule has 0 unspecified atom stereocenters. The molecular formula is C22H21N. The Morgan fingerprint density at radius 3 is 1.87 bits per heavy atom. The molecule has 0 N–H and O–H groups in total. The van der Waals surface area contributed by atoms with E-state index in [2.05, 4.69) is 85.8 Å². The van der Waals surface area contributed by atoms with E-state index >= 15 is 0 Å². The molecular weight excluding hydrogens is 278 g/mol. The zero-order valence-corrected chi connectivity index (χ0v) is 13.4. The van der Waals surface area contributed by atoms with Crippen LogP contribution >= 0.6 is 0 Å². The van der Waals surface area contributed by atoms with Gasteiger partial charge in [-0.1, -0.05) is 91.0 Å². The molecule has 0 radical (unpaired) electrons. The second-order valence-corrected chi connectivity index (χ2v) is 5.69. The second-order valence-electron chi connectivity index (χ2n) is 5.69. The molecule has 0 spiro atoms. The molecule has 3 aromatic carbocycles. The second kappa shape index (κ2) is 7.55. The first-order valence-corrected chi connectivity index (χ1v) is 8.04. The van der Waals surface area contributed by atoms with Crippen LogP contribution in [0.1, 0.15) is 29.7 Å². The van der Waals surface area contributed by atoms with E-state index in [-0.39, 0.29) is 6.04 Å². The van der Waals surface area contributed by atoms with E-state index in [4.69, 9.17) is 4.99 Å². The number of nitrogens with zero attached hydrogens (tertiary/aromatic N) is 1. The Kier molecular flexibility index (Phi) is 5.00. The fraction of sp³-hybridized carbons (Fsp3) is 0.136. The van der Waals surface area contributed by atoms with E-state index in [0.717, 1.165) is 12.1 Å². The average Bonchev–Trinajstić information content (AvgIpc) is 2.63. The Bertz CT molecular complexity index is 746. The number of aliphatic imine (C=N–C) groups is 1. The van der Waals surface area contributed by atoms with Gasteiger partial charge in [0.25, 0.3) is 0 Å². The molecule has 0 aliphatic heterocycles. The highest BCUT2D eigenvalue weighted by molar-refractivity contribution is 6.02. The fourth-order valence-electron chi connectivity index (χ4n) is 2.68. The Balaban J connectivity index is 1.93. The fourth-order valence-corrected chi connectivity index (χ4v) is 2.68. The number of hydrogen-bond acceptors (Lipinski definition) is 1. The monoisotopic (exact) mass is 299 g/mol. The highest BCUT2D eigenvalue weighted by Crippen LogP contribution is 2.19. The summed E-state index contributed by atoms with van der Waals surface area (Å²) in [6, 6.07) is 31.6. The Morgan fingerprint density at radius 2 is 1.26 bits per heavy atom. The van der Waals surface area contributed by atoms with Gasteiger partial charge in [-0.15, -0.1) is 0 Å². The standard InChI is InChI=1S/C22H21N/c1-18(20-13-7-3-8-14-20)23-22(21-15-9-4-10-16-21)17-19-11-5-2-6-12-19/h2-16,18H,17H2,1H3/t18-/m0/s1. The van der Waals surface area contributed by atoms with Crippen LogP contribution in [0, 0.1) is 0 Å². The molecule has 0 fully saturated rings. The Morgan fingerprint density at radius 1 is 0.739 bits per heavy atom. The molecule has 114 valence electrons. The van der Waals surface area contributed by atoms with Crippen molar-refractivity contribution in [1.82, 2.24) is 0 Å². The first-order valence-electron chi connectivity index (χ1n) is 8.04. The van der Waals surface area contributed by atoms with Crippen LogP contribution in [0.4, 0.5) is 0 Å². The van der Waals surface area contributed by atoms with Crippen molar-refractivity contribution in [3.8, 4) is 0 Å². The van der Waals surface area contributed by atoms with E-state index in [1.54, 1.807) is 0 Å². The quantitative estimate of drug-likeness (QED) is 0.553. The van der Waals surface area contributed by atoms with Crippen molar-refractivity contribution in [3.63, 3.8) is 0 Å². The lowest BCUT2D eigenvalue weighted by Crippen LogP contribution is -2.07. The van der Waals surface area contributed by atoms with Crippen LogP contribution in [0.2, 0.25) is 0 Å². The summed E-state index contributed by atoms with van der Waals surface area (Å²) < 4.78 is 0. The minimum absolute atomic E-state index is 0.148. The summed E-state index contributed by atoms with van der Waals surface area (Å²) in [5.74, 6) is 0. The summed E-state index contributed by atoms with van der Waals surface area (Å²) in [6.45, 7) is 2.16. The lowest BCUT2D eigenvalue weighted by molar-refractivity contribution is 0.817. The lowest BCUT2D eigenvalue weighted by atomic mass is 10.0. The molecule has 3 aromatic rings. The minimum atomic E-state index is 0.148. The van der Waals surface area contributed by atoms with Crippen LogP contribution in [-0.2, 0) is 6.42 Å². The maximum Gasteiger partial charge on any atom is 0.0724 e. The molecule has 0 aromatic heterocycles. The maximum atomic E-state index is 5.03. The predicted octanol–water partition coefficient (Wildman–Crippen LogP) is 5.48. The lowest BCUT2D eigenvalue weighted by Gasteiger charge is -2.12. The van der Waals surface area contributed by atoms with E-state index in [0.29, 0.717) is 0 Å². The van der Waals surface area contributed by atoms with Gasteiger partial charge < -0.3 is 0 Å². The number of rotatable bonds is 5. The molecule has 0 saturated carbocycles. The summed E-state index contributed by atoms with van der Waals surface area (Å²) in [4.78, 5) is 5.03. The van der Waals surface area contributed by atoms with Crippen molar-refractivity contribution >= 4 is 5.71 Å². The number of hydrogen-bond donors (Lipinski definition) is 0. The van der Waals surface area contributed by atoms with Crippen LogP contribution < -0.4 is 0 Å². The van der Waals surface area contributed by atoms with Crippen LogP contribution in [-0.4, -0.2) is 5.71 Å². The van der Waals surface area contributed by atoms with Gasteiger partial charge in [-0.3, -0.25) is 4.99 Å². The smallest absolute Gasteiger partial charge is 0.0724 e. The topological polar surface area (TPSA) is 12.4 Å². The maximum absolute atomic E-state index is 5.03. The SMILES string of the molecule is C[C@H](N=C(Cc1ccccc1)c1ccccc1)c1ccccc1. The van der Waals surface area contributed by atoms with Crippen LogP contribution in [0.5, 0.6) is 0 Å². The molecule has 0 aliphatic carbocycles. The molecule has 3 rings (SSSR count). The summed E-state index contributed by atoms with van der Waals surface area (Å²) in [7, 11) is 0. The third-order valence-corrected chi connectivity index (χ3v) is 3.95. The number of benzene rings is 3. The third-order valence-electron chi connectivity index (χ3n) is 3.95. The van der Waals surface area contributed by atoms with E-state index in [1.165, 1.54) is 16.7 Å². The van der Waals surface area contributed by atoms with Gasteiger partial charge >= 0.3 is 0 Å². The van der Waals surface area contributed by atoms with Crippen LogP contribution in [0.25, 0.3) is 0 Å². The minimum Gasteiger partial charge on any atom is -0.281 e. The van der Waals surface area contributed by atoms with Crippen molar-refractivity contribution in [1.29, 1.82) is 0 Å². The molecule has 0 amide bonds. The highest BCUT2D eigenvalue weighted by Gasteiger charge is 2.09. The molecule has 1 nitrogen and oxygen atoms in total. The zero-order chi connectivity index (χ0) is 15.9. The van der Waals surface area contributed by atoms with Crippen molar-refractivity contribution < 1.29 is 0 Å². The van der Waals surface area contributed by atoms with Crippen molar-refractivity contribution in [3.05, 3.63) is 108 Å². The van der Waals surface area contributed by atoms with Gasteiger partial charge in [0.1, 0.15) is 0 Å². The van der Waals surface area contributed by atoms with Crippen molar-refractivity contribution in [2.75, 3.05) is 0 Å². The summed E-state index contributed by atoms with van der Waals surface area (Å²) in [5, 5.41) is 0. The predicted molar refractivity (Wildman–Crippen MR) is 98.0 cm³/mol. The molecule has 0 heterocycles. The normalized spacial score (nSPS) is 12.8. The molecule has 0 saturated heterocycles. The summed E-state index contributed by atoms with van der Waals surface area (Å²) in [5.41, 5.74) is 4.86. The molecule has 0 aliphatic rings. The Hall–Kier alpha value is -2.67. The van der Waals surface area contributed by atoms with Crippen molar-refractivity contribution in [2.24, 2.45) is 4.99 Å². The van der Waals surface area contributed by atoms with Gasteiger partial charge in [0.2, 0.25) is 0 Å². The Labute approximate surface area is 138 Å². The van der Waals surface area contributed by atoms with E-state index in [9.17, 15) is 0 Å².